The zero-order valence-corrected chi connectivity index (χ0v) is 10.7. The molecule has 20 heavy (non-hydrogen) atoms. The quantitative estimate of drug-likeness (QED) is 0.875. The van der Waals surface area contributed by atoms with Crippen molar-refractivity contribution in [1.29, 1.82) is 0 Å². The van der Waals surface area contributed by atoms with E-state index in [1.807, 2.05) is 0 Å². The summed E-state index contributed by atoms with van der Waals surface area (Å²) in [5, 5.41) is 0. The van der Waals surface area contributed by atoms with Gasteiger partial charge in [-0.05, 0) is 26.0 Å². The van der Waals surface area contributed by atoms with Crippen LogP contribution in [0.15, 0.2) is 12.1 Å². The minimum atomic E-state index is -1.60. The third kappa shape index (κ3) is 2.79. The Bertz CT molecular complexity index is 649. The molecule has 0 aliphatic heterocycles. The molecule has 0 atom stereocenters. The molecule has 0 aliphatic carbocycles. The molecule has 0 fully saturated rings. The molecule has 1 aromatic heterocycles. The van der Waals surface area contributed by atoms with Gasteiger partial charge in [0.15, 0.2) is 23.3 Å². The van der Waals surface area contributed by atoms with Crippen molar-refractivity contribution in [1.82, 2.24) is 15.0 Å². The number of nitrogens with two attached hydrogens (primary N) is 1. The van der Waals surface area contributed by atoms with Gasteiger partial charge in [-0.3, -0.25) is 0 Å². The van der Waals surface area contributed by atoms with Crippen molar-refractivity contribution in [3.05, 3.63) is 29.6 Å². The second-order valence-electron chi connectivity index (χ2n) is 4.19. The summed E-state index contributed by atoms with van der Waals surface area (Å²) in [6, 6.07) is 1.67. The smallest absolute Gasteiger partial charge is 0.322 e. The molecule has 8 heteroatoms. The number of anilines is 1. The molecular weight excluding hydrogens is 273 g/mol. The summed E-state index contributed by atoms with van der Waals surface area (Å²) >= 11 is 0. The van der Waals surface area contributed by atoms with Crippen LogP contribution in [-0.4, -0.2) is 21.1 Å². The van der Waals surface area contributed by atoms with Crippen LogP contribution in [0.4, 0.5) is 19.1 Å². The normalized spacial score (nSPS) is 10.9. The average molecular weight is 284 g/mol. The maximum Gasteiger partial charge on any atom is 0.322 e. The molecule has 0 amide bonds. The van der Waals surface area contributed by atoms with Crippen LogP contribution in [0.1, 0.15) is 13.8 Å². The first-order valence-electron chi connectivity index (χ1n) is 5.70. The van der Waals surface area contributed by atoms with Gasteiger partial charge in [0, 0.05) is 0 Å². The molecule has 0 saturated carbocycles. The Morgan fingerprint density at radius 3 is 2.40 bits per heavy atom. The van der Waals surface area contributed by atoms with Gasteiger partial charge in [0.25, 0.3) is 0 Å². The van der Waals surface area contributed by atoms with Crippen LogP contribution in [0.25, 0.3) is 11.4 Å². The fraction of sp³-hybridized carbons (Fsp3) is 0.250. The van der Waals surface area contributed by atoms with Crippen molar-refractivity contribution in [2.45, 2.75) is 20.0 Å². The third-order valence-electron chi connectivity index (χ3n) is 2.25. The van der Waals surface area contributed by atoms with Gasteiger partial charge in [-0.15, -0.1) is 0 Å². The minimum Gasteiger partial charge on any atom is -0.461 e. The molecule has 1 aromatic carbocycles. The monoisotopic (exact) mass is 284 g/mol. The van der Waals surface area contributed by atoms with E-state index in [9.17, 15) is 13.2 Å². The molecule has 0 bridgehead atoms. The fourth-order valence-corrected chi connectivity index (χ4v) is 1.45. The van der Waals surface area contributed by atoms with E-state index >= 15 is 0 Å². The summed E-state index contributed by atoms with van der Waals surface area (Å²) in [7, 11) is 0. The zero-order valence-electron chi connectivity index (χ0n) is 10.7. The first-order valence-corrected chi connectivity index (χ1v) is 5.70. The van der Waals surface area contributed by atoms with Gasteiger partial charge in [0.2, 0.25) is 5.95 Å². The number of hydrogen-bond acceptors (Lipinski definition) is 5. The summed E-state index contributed by atoms with van der Waals surface area (Å²) < 4.78 is 45.0. The Kier molecular flexibility index (Phi) is 3.73. The average Bonchev–Trinajstić information content (AvgIpc) is 2.34. The molecule has 0 saturated heterocycles. The molecule has 0 spiro atoms. The summed E-state index contributed by atoms with van der Waals surface area (Å²) in [5.41, 5.74) is 5.13. The van der Waals surface area contributed by atoms with Gasteiger partial charge in [0.05, 0.1) is 11.7 Å². The van der Waals surface area contributed by atoms with Crippen molar-refractivity contribution >= 4 is 5.95 Å². The van der Waals surface area contributed by atoms with Crippen molar-refractivity contribution in [3.8, 4) is 17.4 Å². The lowest BCUT2D eigenvalue weighted by atomic mass is 10.2. The minimum absolute atomic E-state index is 0.119. The lowest BCUT2D eigenvalue weighted by Crippen LogP contribution is -2.11. The molecule has 1 heterocycles. The number of ether oxygens (including phenoxy) is 1. The van der Waals surface area contributed by atoms with Crippen LogP contribution in [0, 0.1) is 17.5 Å². The van der Waals surface area contributed by atoms with E-state index in [1.54, 1.807) is 13.8 Å². The lowest BCUT2D eigenvalue weighted by molar-refractivity contribution is 0.222. The molecule has 2 aromatic rings. The predicted octanol–water partition coefficient (Wildman–Crippen LogP) is 2.33. The molecule has 0 aliphatic rings. The molecule has 106 valence electrons. The van der Waals surface area contributed by atoms with Crippen molar-refractivity contribution < 1.29 is 17.9 Å². The van der Waals surface area contributed by atoms with E-state index in [0.29, 0.717) is 0 Å². The Morgan fingerprint density at radius 2 is 1.75 bits per heavy atom. The van der Waals surface area contributed by atoms with Crippen molar-refractivity contribution in [3.63, 3.8) is 0 Å². The molecule has 2 rings (SSSR count). The van der Waals surface area contributed by atoms with Gasteiger partial charge in [-0.25, -0.2) is 13.2 Å². The van der Waals surface area contributed by atoms with Crippen LogP contribution in [-0.2, 0) is 0 Å². The van der Waals surface area contributed by atoms with Gasteiger partial charge in [-0.1, -0.05) is 0 Å². The molecule has 0 unspecified atom stereocenters. The van der Waals surface area contributed by atoms with E-state index in [1.165, 1.54) is 0 Å². The molecule has 5 nitrogen and oxygen atoms in total. The van der Waals surface area contributed by atoms with Crippen LogP contribution in [0.2, 0.25) is 0 Å². The highest BCUT2D eigenvalue weighted by molar-refractivity contribution is 5.57. The summed E-state index contributed by atoms with van der Waals surface area (Å²) in [4.78, 5) is 11.2. The highest BCUT2D eigenvalue weighted by Crippen LogP contribution is 2.24. The largest absolute Gasteiger partial charge is 0.461 e. The maximum absolute atomic E-state index is 13.7. The molecule has 0 radical (unpaired) electrons. The lowest BCUT2D eigenvalue weighted by Gasteiger charge is -2.09. The Hall–Kier alpha value is -2.38. The van der Waals surface area contributed by atoms with Crippen LogP contribution in [0.3, 0.4) is 0 Å². The number of nitrogen functional groups attached to an aromatic ring is 1. The van der Waals surface area contributed by atoms with E-state index in [2.05, 4.69) is 15.0 Å². The predicted molar refractivity (Wildman–Crippen MR) is 65.3 cm³/mol. The van der Waals surface area contributed by atoms with Gasteiger partial charge < -0.3 is 10.5 Å². The topological polar surface area (TPSA) is 73.9 Å². The number of halogens is 3. The molecule has 2 N–H and O–H groups in total. The van der Waals surface area contributed by atoms with E-state index in [4.69, 9.17) is 10.5 Å². The van der Waals surface area contributed by atoms with Gasteiger partial charge in [0.1, 0.15) is 0 Å². The van der Waals surface area contributed by atoms with Gasteiger partial charge in [-0.2, -0.15) is 15.0 Å². The zero-order chi connectivity index (χ0) is 14.9. The maximum atomic E-state index is 13.7. The molecular formula is C12H11F3N4O. The first kappa shape index (κ1) is 14.0. The highest BCUT2D eigenvalue weighted by Gasteiger charge is 2.18. The number of benzene rings is 1. The van der Waals surface area contributed by atoms with Crippen LogP contribution in [0.5, 0.6) is 6.01 Å². The Morgan fingerprint density at radius 1 is 1.05 bits per heavy atom. The number of nitrogens with zero attached hydrogens (tertiary/aromatic N) is 3. The summed E-state index contributed by atoms with van der Waals surface area (Å²) in [6.07, 6.45) is -0.237. The van der Waals surface area contributed by atoms with Crippen LogP contribution >= 0.6 is 0 Å². The van der Waals surface area contributed by atoms with Crippen molar-refractivity contribution in [2.75, 3.05) is 5.73 Å². The van der Waals surface area contributed by atoms with E-state index in [-0.39, 0.29) is 29.5 Å². The third-order valence-corrected chi connectivity index (χ3v) is 2.25. The number of aromatic nitrogens is 3. The second kappa shape index (κ2) is 5.32. The summed E-state index contributed by atoms with van der Waals surface area (Å²) in [5.74, 6) is -4.75. The Labute approximate surface area is 112 Å². The second-order valence-corrected chi connectivity index (χ2v) is 4.19. The van der Waals surface area contributed by atoms with Crippen LogP contribution < -0.4 is 10.5 Å². The fourth-order valence-electron chi connectivity index (χ4n) is 1.45. The van der Waals surface area contributed by atoms with Gasteiger partial charge >= 0.3 is 6.01 Å². The number of rotatable bonds is 3. The highest BCUT2D eigenvalue weighted by atomic mass is 19.2. The first-order chi connectivity index (χ1) is 9.38. The van der Waals surface area contributed by atoms with E-state index < -0.39 is 17.5 Å². The number of hydrogen-bond donors (Lipinski definition) is 1. The SMILES string of the molecule is CC(C)Oc1nc(N)nc(-c2ccc(F)c(F)c2F)n1. The Balaban J connectivity index is 2.53. The van der Waals surface area contributed by atoms with Crippen molar-refractivity contribution in [2.24, 2.45) is 0 Å². The summed E-state index contributed by atoms with van der Waals surface area (Å²) in [6.45, 7) is 3.47. The van der Waals surface area contributed by atoms with E-state index in [0.717, 1.165) is 12.1 Å². The standard InChI is InChI=1S/C12H11F3N4O/c1-5(2)20-12-18-10(17-11(16)19-12)6-3-4-7(13)9(15)8(6)14/h3-5H,1-2H3,(H2,16,17,18,19).